The second-order valence-electron chi connectivity index (χ2n) is 6.81. The molecular formula is C20H22FN5O. The molecule has 7 heteroatoms. The minimum absolute atomic E-state index is 0.151. The third-order valence-corrected chi connectivity index (χ3v) is 5.01. The molecule has 2 heterocycles. The molecule has 27 heavy (non-hydrogen) atoms. The standard InChI is InChI=1S/C20H22FN5O/c21-14-4-1-2-6-16(14)26-10-8-13(9-11-26)12-27-17-7-3-5-15-18(17)19(22)25-20(23)24-15/h1-7,13H,8-12H2,(H4,22,23,24,25). The number of hydrogen-bond donors (Lipinski definition) is 2. The number of rotatable bonds is 4. The fourth-order valence-corrected chi connectivity index (χ4v) is 3.57. The molecular weight excluding hydrogens is 345 g/mol. The highest BCUT2D eigenvalue weighted by atomic mass is 19.1. The summed E-state index contributed by atoms with van der Waals surface area (Å²) in [7, 11) is 0. The number of anilines is 3. The van der Waals surface area contributed by atoms with Crippen LogP contribution in [0.3, 0.4) is 0 Å². The van der Waals surface area contributed by atoms with Gasteiger partial charge in [-0.15, -0.1) is 0 Å². The van der Waals surface area contributed by atoms with Crippen LogP contribution < -0.4 is 21.1 Å². The molecule has 0 spiro atoms. The fourth-order valence-electron chi connectivity index (χ4n) is 3.57. The van der Waals surface area contributed by atoms with Crippen LogP contribution in [0.2, 0.25) is 0 Å². The van der Waals surface area contributed by atoms with E-state index in [0.717, 1.165) is 25.9 Å². The molecule has 3 aromatic rings. The average molecular weight is 367 g/mol. The first-order valence-corrected chi connectivity index (χ1v) is 9.06. The summed E-state index contributed by atoms with van der Waals surface area (Å²) >= 11 is 0. The molecule has 1 aliphatic heterocycles. The third kappa shape index (κ3) is 3.58. The second-order valence-corrected chi connectivity index (χ2v) is 6.81. The van der Waals surface area contributed by atoms with E-state index in [1.807, 2.05) is 30.3 Å². The minimum atomic E-state index is -0.169. The maximum atomic E-state index is 14.0. The number of nitrogens with two attached hydrogens (primary N) is 2. The monoisotopic (exact) mass is 367 g/mol. The topological polar surface area (TPSA) is 90.3 Å². The lowest BCUT2D eigenvalue weighted by molar-refractivity contribution is 0.225. The van der Waals surface area contributed by atoms with Gasteiger partial charge in [0, 0.05) is 13.1 Å². The van der Waals surface area contributed by atoms with E-state index in [1.54, 1.807) is 6.07 Å². The third-order valence-electron chi connectivity index (χ3n) is 5.01. The van der Waals surface area contributed by atoms with Crippen LogP contribution in [0.25, 0.3) is 10.9 Å². The lowest BCUT2D eigenvalue weighted by Crippen LogP contribution is -2.36. The van der Waals surface area contributed by atoms with Crippen molar-refractivity contribution >= 4 is 28.4 Å². The number of halogens is 1. The largest absolute Gasteiger partial charge is 0.492 e. The first-order valence-electron chi connectivity index (χ1n) is 9.06. The van der Waals surface area contributed by atoms with E-state index in [2.05, 4.69) is 14.9 Å². The lowest BCUT2D eigenvalue weighted by Gasteiger charge is -2.33. The molecule has 4 rings (SSSR count). The van der Waals surface area contributed by atoms with Gasteiger partial charge in [-0.05, 0) is 43.0 Å². The van der Waals surface area contributed by atoms with Gasteiger partial charge in [-0.3, -0.25) is 0 Å². The zero-order valence-corrected chi connectivity index (χ0v) is 14.9. The Bertz CT molecular complexity index is 956. The zero-order chi connectivity index (χ0) is 18.8. The van der Waals surface area contributed by atoms with Crippen molar-refractivity contribution in [3.63, 3.8) is 0 Å². The van der Waals surface area contributed by atoms with Crippen molar-refractivity contribution < 1.29 is 9.13 Å². The van der Waals surface area contributed by atoms with Gasteiger partial charge in [0.25, 0.3) is 0 Å². The maximum absolute atomic E-state index is 14.0. The van der Waals surface area contributed by atoms with E-state index >= 15 is 0 Å². The van der Waals surface area contributed by atoms with Gasteiger partial charge in [0.2, 0.25) is 5.95 Å². The van der Waals surface area contributed by atoms with E-state index in [0.29, 0.717) is 40.7 Å². The van der Waals surface area contributed by atoms with Crippen LogP contribution in [-0.2, 0) is 0 Å². The Morgan fingerprint density at radius 3 is 2.59 bits per heavy atom. The van der Waals surface area contributed by atoms with E-state index < -0.39 is 0 Å². The molecule has 0 unspecified atom stereocenters. The average Bonchev–Trinajstić information content (AvgIpc) is 2.67. The summed E-state index contributed by atoms with van der Waals surface area (Å²) in [5.41, 5.74) is 13.0. The van der Waals surface area contributed by atoms with Crippen LogP contribution in [0.4, 0.5) is 21.8 Å². The molecule has 0 radical (unpaired) electrons. The summed E-state index contributed by atoms with van der Waals surface area (Å²) in [4.78, 5) is 10.3. The van der Waals surface area contributed by atoms with Crippen molar-refractivity contribution in [1.29, 1.82) is 0 Å². The first-order chi connectivity index (χ1) is 13.1. The SMILES string of the molecule is Nc1nc(N)c2c(OCC3CCN(c4ccccc4F)CC3)cccc2n1. The molecule has 0 atom stereocenters. The minimum Gasteiger partial charge on any atom is -0.492 e. The molecule has 1 saturated heterocycles. The predicted molar refractivity (Wildman–Crippen MR) is 105 cm³/mol. The van der Waals surface area contributed by atoms with Crippen LogP contribution in [-0.4, -0.2) is 29.7 Å². The predicted octanol–water partition coefficient (Wildman–Crippen LogP) is 3.23. The lowest BCUT2D eigenvalue weighted by atomic mass is 9.97. The second kappa shape index (κ2) is 7.26. The Labute approximate surface area is 157 Å². The van der Waals surface area contributed by atoms with E-state index in [9.17, 15) is 4.39 Å². The van der Waals surface area contributed by atoms with Crippen molar-refractivity contribution in [2.24, 2.45) is 5.92 Å². The molecule has 1 fully saturated rings. The van der Waals surface area contributed by atoms with Gasteiger partial charge < -0.3 is 21.1 Å². The van der Waals surface area contributed by atoms with Crippen LogP contribution >= 0.6 is 0 Å². The first kappa shape index (κ1) is 17.3. The number of ether oxygens (including phenoxy) is 1. The van der Waals surface area contributed by atoms with Crippen molar-refractivity contribution in [3.05, 3.63) is 48.3 Å². The van der Waals surface area contributed by atoms with E-state index in [-0.39, 0.29) is 11.8 Å². The van der Waals surface area contributed by atoms with Gasteiger partial charge in [-0.1, -0.05) is 18.2 Å². The Balaban J connectivity index is 1.41. The van der Waals surface area contributed by atoms with Gasteiger partial charge in [0.15, 0.2) is 0 Å². The number of aromatic nitrogens is 2. The summed E-state index contributed by atoms with van der Waals surface area (Å²) in [5, 5.41) is 0.690. The molecule has 0 saturated carbocycles. The molecule has 0 amide bonds. The van der Waals surface area contributed by atoms with E-state index in [4.69, 9.17) is 16.2 Å². The molecule has 4 N–H and O–H groups in total. The Morgan fingerprint density at radius 1 is 1.04 bits per heavy atom. The number of benzene rings is 2. The molecule has 2 aromatic carbocycles. The summed E-state index contributed by atoms with van der Waals surface area (Å²) < 4.78 is 20.0. The van der Waals surface area contributed by atoms with Gasteiger partial charge in [-0.2, -0.15) is 4.98 Å². The molecule has 1 aromatic heterocycles. The highest BCUT2D eigenvalue weighted by molar-refractivity contribution is 5.94. The van der Waals surface area contributed by atoms with Gasteiger partial charge in [0.05, 0.1) is 23.2 Å². The van der Waals surface area contributed by atoms with Gasteiger partial charge >= 0.3 is 0 Å². The zero-order valence-electron chi connectivity index (χ0n) is 14.9. The summed E-state index contributed by atoms with van der Waals surface area (Å²) in [6.45, 7) is 2.20. The van der Waals surface area contributed by atoms with Gasteiger partial charge in [0.1, 0.15) is 17.4 Å². The number of nitrogens with zero attached hydrogens (tertiary/aromatic N) is 3. The Hall–Kier alpha value is -3.09. The van der Waals surface area contributed by atoms with Crippen molar-refractivity contribution in [2.75, 3.05) is 36.1 Å². The van der Waals surface area contributed by atoms with Crippen molar-refractivity contribution in [1.82, 2.24) is 9.97 Å². The Kier molecular flexibility index (Phi) is 4.66. The quantitative estimate of drug-likeness (QED) is 0.736. The summed E-state index contributed by atoms with van der Waals surface area (Å²) in [5.74, 6) is 1.37. The number of fused-ring (bicyclic) bond motifs is 1. The van der Waals surface area contributed by atoms with Crippen LogP contribution in [0.1, 0.15) is 12.8 Å². The fraction of sp³-hybridized carbons (Fsp3) is 0.300. The highest BCUT2D eigenvalue weighted by Gasteiger charge is 2.22. The highest BCUT2D eigenvalue weighted by Crippen LogP contribution is 2.31. The summed E-state index contributed by atoms with van der Waals surface area (Å²) in [6.07, 6.45) is 1.88. The number of hydrogen-bond acceptors (Lipinski definition) is 6. The molecule has 0 bridgehead atoms. The smallest absolute Gasteiger partial charge is 0.222 e. The van der Waals surface area contributed by atoms with E-state index in [1.165, 1.54) is 6.07 Å². The summed E-state index contributed by atoms with van der Waals surface area (Å²) in [6, 6.07) is 12.5. The van der Waals surface area contributed by atoms with Crippen LogP contribution in [0, 0.1) is 11.7 Å². The molecule has 0 aliphatic carbocycles. The number of para-hydroxylation sites is 1. The number of piperidine rings is 1. The van der Waals surface area contributed by atoms with Crippen molar-refractivity contribution in [3.8, 4) is 5.75 Å². The van der Waals surface area contributed by atoms with Crippen LogP contribution in [0.15, 0.2) is 42.5 Å². The number of nitrogen functional groups attached to an aromatic ring is 2. The van der Waals surface area contributed by atoms with Gasteiger partial charge in [-0.25, -0.2) is 9.37 Å². The molecule has 1 aliphatic rings. The normalized spacial score (nSPS) is 15.2. The van der Waals surface area contributed by atoms with Crippen LogP contribution in [0.5, 0.6) is 5.75 Å². The maximum Gasteiger partial charge on any atom is 0.222 e. The Morgan fingerprint density at radius 2 is 1.81 bits per heavy atom. The molecule has 6 nitrogen and oxygen atoms in total. The molecule has 140 valence electrons. The van der Waals surface area contributed by atoms with Crippen molar-refractivity contribution in [2.45, 2.75) is 12.8 Å².